The second-order valence-corrected chi connectivity index (χ2v) is 5.94. The molecule has 0 aromatic rings. The van der Waals surface area contributed by atoms with Crippen molar-refractivity contribution >= 4 is 0 Å². The van der Waals surface area contributed by atoms with E-state index in [1.54, 1.807) is 6.08 Å². The van der Waals surface area contributed by atoms with Gasteiger partial charge in [-0.3, -0.25) is 0 Å². The van der Waals surface area contributed by atoms with Crippen LogP contribution in [0.5, 0.6) is 0 Å². The fourth-order valence-electron chi connectivity index (χ4n) is 2.96. The summed E-state index contributed by atoms with van der Waals surface area (Å²) in [4.78, 5) is 4.22. The molecule has 0 aromatic carbocycles. The van der Waals surface area contributed by atoms with Crippen molar-refractivity contribution in [2.24, 2.45) is 0 Å². The Morgan fingerprint density at radius 3 is 2.50 bits per heavy atom. The van der Waals surface area contributed by atoms with Crippen LogP contribution in [0.4, 0.5) is 8.78 Å². The van der Waals surface area contributed by atoms with E-state index in [1.165, 1.54) is 0 Å². The zero-order valence-corrected chi connectivity index (χ0v) is 12.6. The summed E-state index contributed by atoms with van der Waals surface area (Å²) in [6, 6.07) is 0.538. The average molecular weight is 282 g/mol. The predicted molar refractivity (Wildman–Crippen MR) is 78.8 cm³/mol. The van der Waals surface area contributed by atoms with Gasteiger partial charge in [0.25, 0.3) is 0 Å². The van der Waals surface area contributed by atoms with Crippen molar-refractivity contribution < 1.29 is 8.78 Å². The number of piperidine rings is 1. The number of allylic oxidation sites excluding steroid dienone is 5. The molecule has 2 rings (SSSR count). The van der Waals surface area contributed by atoms with E-state index in [9.17, 15) is 8.78 Å². The summed E-state index contributed by atoms with van der Waals surface area (Å²) in [6.07, 6.45) is 5.99. The van der Waals surface area contributed by atoms with Gasteiger partial charge in [-0.25, -0.2) is 8.78 Å². The number of halogens is 2. The monoisotopic (exact) mass is 282 g/mol. The third-order valence-corrected chi connectivity index (χ3v) is 4.23. The molecule has 20 heavy (non-hydrogen) atoms. The van der Waals surface area contributed by atoms with Crippen LogP contribution in [0, 0.1) is 0 Å². The number of hydrogen-bond donors (Lipinski definition) is 0. The summed E-state index contributed by atoms with van der Waals surface area (Å²) in [5, 5.41) is 0. The van der Waals surface area contributed by atoms with Gasteiger partial charge in [0.15, 0.2) is 0 Å². The lowest BCUT2D eigenvalue weighted by atomic mass is 10.0. The second-order valence-electron chi connectivity index (χ2n) is 5.94. The number of rotatable bonds is 3. The lowest BCUT2D eigenvalue weighted by molar-refractivity contribution is 0.169. The highest BCUT2D eigenvalue weighted by atomic mass is 19.1. The molecular formula is C16H24F2N2. The summed E-state index contributed by atoms with van der Waals surface area (Å²) in [5.41, 5.74) is 1.91. The van der Waals surface area contributed by atoms with Gasteiger partial charge in [0.1, 0.15) is 12.5 Å². The van der Waals surface area contributed by atoms with Crippen molar-refractivity contribution in [1.29, 1.82) is 0 Å². The van der Waals surface area contributed by atoms with Gasteiger partial charge in [-0.2, -0.15) is 0 Å². The van der Waals surface area contributed by atoms with Gasteiger partial charge < -0.3 is 9.80 Å². The highest BCUT2D eigenvalue weighted by Gasteiger charge is 2.26. The molecule has 1 fully saturated rings. The van der Waals surface area contributed by atoms with Crippen molar-refractivity contribution in [3.05, 3.63) is 34.8 Å². The molecule has 0 amide bonds. The Morgan fingerprint density at radius 1 is 1.30 bits per heavy atom. The van der Waals surface area contributed by atoms with Gasteiger partial charge in [0.05, 0.1) is 5.70 Å². The van der Waals surface area contributed by atoms with Crippen LogP contribution in [0.2, 0.25) is 0 Å². The molecular weight excluding hydrogens is 258 g/mol. The zero-order chi connectivity index (χ0) is 14.7. The van der Waals surface area contributed by atoms with Gasteiger partial charge in [0, 0.05) is 24.7 Å². The summed E-state index contributed by atoms with van der Waals surface area (Å²) in [7, 11) is 4.15. The van der Waals surface area contributed by atoms with Crippen LogP contribution in [0.1, 0.15) is 26.2 Å². The Labute approximate surface area is 120 Å². The standard InChI is InChI=1S/C16H24F2N2/c1-12-4-5-13(11-17)16(15(18)10-12)20-8-6-14(7-9-20)19(2)3/h5,10,14H,4,6-9,11H2,1-3H3. The van der Waals surface area contributed by atoms with E-state index in [2.05, 4.69) is 19.0 Å². The molecule has 0 bridgehead atoms. The third kappa shape index (κ3) is 3.29. The zero-order valence-electron chi connectivity index (χ0n) is 12.6. The van der Waals surface area contributed by atoms with Gasteiger partial charge in [-0.15, -0.1) is 0 Å². The molecule has 0 unspecified atom stereocenters. The topological polar surface area (TPSA) is 6.48 Å². The van der Waals surface area contributed by atoms with Crippen LogP contribution < -0.4 is 0 Å². The minimum absolute atomic E-state index is 0.285. The first kappa shape index (κ1) is 15.2. The first-order valence-corrected chi connectivity index (χ1v) is 7.26. The van der Waals surface area contributed by atoms with Crippen LogP contribution in [-0.4, -0.2) is 49.7 Å². The molecule has 1 aliphatic heterocycles. The molecule has 4 heteroatoms. The molecule has 0 aromatic heterocycles. The van der Waals surface area contributed by atoms with E-state index in [0.717, 1.165) is 31.5 Å². The molecule has 0 atom stereocenters. The average Bonchev–Trinajstić information content (AvgIpc) is 2.56. The van der Waals surface area contributed by atoms with Gasteiger partial charge in [-0.05, 0) is 46.4 Å². The molecule has 0 radical (unpaired) electrons. The SMILES string of the molecule is CC1=CC(F)=C(N2CCC(N(C)C)CC2)C(CF)=CC1. The molecule has 1 saturated heterocycles. The van der Waals surface area contributed by atoms with Crippen molar-refractivity contribution in [1.82, 2.24) is 9.80 Å². The maximum absolute atomic E-state index is 14.4. The van der Waals surface area contributed by atoms with E-state index in [4.69, 9.17) is 0 Å². The van der Waals surface area contributed by atoms with Crippen LogP contribution in [0.25, 0.3) is 0 Å². The van der Waals surface area contributed by atoms with E-state index >= 15 is 0 Å². The molecule has 112 valence electrons. The molecule has 0 saturated carbocycles. The summed E-state index contributed by atoms with van der Waals surface area (Å²) in [6.45, 7) is 2.86. The molecule has 2 nitrogen and oxygen atoms in total. The van der Waals surface area contributed by atoms with Gasteiger partial charge in [-0.1, -0.05) is 11.6 Å². The predicted octanol–water partition coefficient (Wildman–Crippen LogP) is 3.44. The fourth-order valence-corrected chi connectivity index (χ4v) is 2.96. The highest BCUT2D eigenvalue weighted by Crippen LogP contribution is 2.30. The molecule has 1 heterocycles. The van der Waals surface area contributed by atoms with Crippen molar-refractivity contribution in [2.45, 2.75) is 32.2 Å². The van der Waals surface area contributed by atoms with E-state index in [-0.39, 0.29) is 5.83 Å². The highest BCUT2D eigenvalue weighted by molar-refractivity contribution is 5.41. The molecule has 0 spiro atoms. The smallest absolute Gasteiger partial charge is 0.146 e. The Bertz CT molecular complexity index is 441. The second kappa shape index (κ2) is 6.53. The third-order valence-electron chi connectivity index (χ3n) is 4.23. The minimum Gasteiger partial charge on any atom is -0.369 e. The van der Waals surface area contributed by atoms with E-state index < -0.39 is 6.67 Å². The van der Waals surface area contributed by atoms with Crippen molar-refractivity contribution in [3.8, 4) is 0 Å². The first-order chi connectivity index (χ1) is 9.52. The summed E-state index contributed by atoms with van der Waals surface area (Å²) >= 11 is 0. The normalized spacial score (nSPS) is 22.0. The Balaban J connectivity index is 2.19. The lowest BCUT2D eigenvalue weighted by Crippen LogP contribution is -2.42. The van der Waals surface area contributed by atoms with Crippen LogP contribution in [0.3, 0.4) is 0 Å². The Morgan fingerprint density at radius 2 is 1.95 bits per heavy atom. The van der Waals surface area contributed by atoms with E-state index in [1.807, 2.05) is 17.9 Å². The number of likely N-dealkylation sites (tertiary alicyclic amines) is 1. The number of nitrogens with zero attached hydrogens (tertiary/aromatic N) is 2. The number of alkyl halides is 1. The minimum atomic E-state index is -0.600. The molecule has 0 N–H and O–H groups in total. The fraction of sp³-hybridized carbons (Fsp3) is 0.625. The largest absolute Gasteiger partial charge is 0.369 e. The van der Waals surface area contributed by atoms with Crippen LogP contribution >= 0.6 is 0 Å². The van der Waals surface area contributed by atoms with Crippen LogP contribution in [0.15, 0.2) is 34.8 Å². The molecule has 2 aliphatic rings. The van der Waals surface area contributed by atoms with Gasteiger partial charge in [0.2, 0.25) is 0 Å². The van der Waals surface area contributed by atoms with Gasteiger partial charge >= 0.3 is 0 Å². The maximum atomic E-state index is 14.4. The quantitative estimate of drug-likeness (QED) is 0.782. The Hall–Kier alpha value is -1.16. The summed E-state index contributed by atoms with van der Waals surface area (Å²) in [5.74, 6) is -0.285. The summed E-state index contributed by atoms with van der Waals surface area (Å²) < 4.78 is 27.6. The number of hydrogen-bond acceptors (Lipinski definition) is 2. The van der Waals surface area contributed by atoms with Crippen molar-refractivity contribution in [3.63, 3.8) is 0 Å². The Kier molecular flexibility index (Phi) is 4.97. The van der Waals surface area contributed by atoms with Crippen LogP contribution in [-0.2, 0) is 0 Å². The van der Waals surface area contributed by atoms with E-state index in [0.29, 0.717) is 23.7 Å². The van der Waals surface area contributed by atoms with Crippen molar-refractivity contribution in [2.75, 3.05) is 33.9 Å². The molecule has 1 aliphatic carbocycles. The maximum Gasteiger partial charge on any atom is 0.146 e. The lowest BCUT2D eigenvalue weighted by Gasteiger charge is -2.38. The first-order valence-electron chi connectivity index (χ1n) is 7.26.